The Morgan fingerprint density at radius 3 is 2.74 bits per heavy atom. The van der Waals surface area contributed by atoms with Crippen molar-refractivity contribution < 1.29 is 14.1 Å². The maximum atomic E-state index is 12.4. The molecule has 2 aromatic heterocycles. The fourth-order valence-corrected chi connectivity index (χ4v) is 2.36. The summed E-state index contributed by atoms with van der Waals surface area (Å²) >= 11 is 0. The van der Waals surface area contributed by atoms with E-state index in [2.05, 4.69) is 15.5 Å². The topological polar surface area (TPSA) is 77.2 Å². The number of aromatic nitrogens is 2. The number of aryl methyl sites for hydroxylation is 2. The van der Waals surface area contributed by atoms with Crippen LogP contribution in [0.2, 0.25) is 0 Å². The van der Waals surface area contributed by atoms with Gasteiger partial charge in [0.2, 0.25) is 5.88 Å². The lowest BCUT2D eigenvalue weighted by molar-refractivity contribution is 0.0938. The first-order valence-electron chi connectivity index (χ1n) is 7.78. The van der Waals surface area contributed by atoms with E-state index in [1.54, 1.807) is 18.3 Å². The average molecular weight is 317 g/mol. The highest BCUT2D eigenvalue weighted by Crippen LogP contribution is 2.21. The summed E-state index contributed by atoms with van der Waals surface area (Å²) in [6, 6.07) is 3.13. The van der Waals surface area contributed by atoms with Crippen molar-refractivity contribution in [3.63, 3.8) is 0 Å². The van der Waals surface area contributed by atoms with Crippen LogP contribution in [-0.4, -0.2) is 22.2 Å². The molecule has 0 fully saturated rings. The third-order valence-corrected chi connectivity index (χ3v) is 3.76. The number of pyridine rings is 1. The number of nitrogens with one attached hydrogen (secondary N) is 1. The third kappa shape index (κ3) is 4.09. The Kier molecular flexibility index (Phi) is 5.36. The van der Waals surface area contributed by atoms with Crippen molar-refractivity contribution in [2.24, 2.45) is 0 Å². The summed E-state index contributed by atoms with van der Waals surface area (Å²) in [4.78, 5) is 16.6. The van der Waals surface area contributed by atoms with Gasteiger partial charge in [0, 0.05) is 23.4 Å². The second-order valence-corrected chi connectivity index (χ2v) is 5.65. The maximum Gasteiger partial charge on any atom is 0.252 e. The van der Waals surface area contributed by atoms with Crippen LogP contribution in [-0.2, 0) is 0 Å². The third-order valence-electron chi connectivity index (χ3n) is 3.76. The van der Waals surface area contributed by atoms with E-state index in [4.69, 9.17) is 9.26 Å². The minimum atomic E-state index is -0.194. The van der Waals surface area contributed by atoms with Crippen LogP contribution in [0.4, 0.5) is 0 Å². The largest absolute Gasteiger partial charge is 0.475 e. The molecule has 2 heterocycles. The number of nitrogens with zero attached hydrogens (tertiary/aromatic N) is 2. The Morgan fingerprint density at radius 2 is 2.13 bits per heavy atom. The van der Waals surface area contributed by atoms with Crippen LogP contribution in [0, 0.1) is 13.8 Å². The second kappa shape index (κ2) is 7.26. The van der Waals surface area contributed by atoms with E-state index in [0.717, 1.165) is 17.7 Å². The standard InChI is InChI=1S/C17H23N3O3/c1-6-10(2)22-15-9-14(7-8-18-15)17(21)19-11(3)16-12(4)20-23-13(16)5/h7-11H,6H2,1-5H3,(H,19,21)/t10-,11-/m1/s1. The molecule has 6 nitrogen and oxygen atoms in total. The lowest BCUT2D eigenvalue weighted by Crippen LogP contribution is -2.27. The van der Waals surface area contributed by atoms with Crippen molar-refractivity contribution >= 4 is 5.91 Å². The summed E-state index contributed by atoms with van der Waals surface area (Å²) in [6.07, 6.45) is 2.51. The van der Waals surface area contributed by atoms with Crippen LogP contribution in [0.3, 0.4) is 0 Å². The first kappa shape index (κ1) is 17.0. The summed E-state index contributed by atoms with van der Waals surface area (Å²) in [7, 11) is 0. The minimum absolute atomic E-state index is 0.0574. The van der Waals surface area contributed by atoms with Gasteiger partial charge in [0.25, 0.3) is 5.91 Å². The van der Waals surface area contributed by atoms with Gasteiger partial charge >= 0.3 is 0 Å². The molecule has 2 rings (SSSR count). The molecule has 0 bridgehead atoms. The number of hydrogen-bond donors (Lipinski definition) is 1. The Bertz CT molecular complexity index is 662. The van der Waals surface area contributed by atoms with E-state index in [1.807, 2.05) is 34.6 Å². The Hall–Kier alpha value is -2.37. The Labute approximate surface area is 136 Å². The van der Waals surface area contributed by atoms with Gasteiger partial charge in [-0.3, -0.25) is 4.79 Å². The van der Waals surface area contributed by atoms with Crippen molar-refractivity contribution in [2.75, 3.05) is 0 Å². The van der Waals surface area contributed by atoms with Crippen LogP contribution >= 0.6 is 0 Å². The van der Waals surface area contributed by atoms with E-state index in [1.165, 1.54) is 0 Å². The number of rotatable bonds is 6. The number of carbonyl (C=O) groups is 1. The Balaban J connectivity index is 2.10. The van der Waals surface area contributed by atoms with Gasteiger partial charge in [-0.2, -0.15) is 0 Å². The molecule has 0 unspecified atom stereocenters. The maximum absolute atomic E-state index is 12.4. The molecule has 0 radical (unpaired) electrons. The molecule has 1 amide bonds. The molecule has 23 heavy (non-hydrogen) atoms. The lowest BCUT2D eigenvalue weighted by Gasteiger charge is -2.15. The van der Waals surface area contributed by atoms with E-state index < -0.39 is 0 Å². The predicted molar refractivity (Wildman–Crippen MR) is 86.5 cm³/mol. The zero-order chi connectivity index (χ0) is 17.0. The van der Waals surface area contributed by atoms with Crippen molar-refractivity contribution in [3.8, 4) is 5.88 Å². The fraction of sp³-hybridized carbons (Fsp3) is 0.471. The number of ether oxygens (including phenoxy) is 1. The van der Waals surface area contributed by atoms with Crippen molar-refractivity contribution in [1.29, 1.82) is 0 Å². The number of carbonyl (C=O) groups excluding carboxylic acids is 1. The summed E-state index contributed by atoms with van der Waals surface area (Å²) in [5, 5.41) is 6.87. The van der Waals surface area contributed by atoms with E-state index >= 15 is 0 Å². The van der Waals surface area contributed by atoms with Gasteiger partial charge in [-0.05, 0) is 40.2 Å². The molecule has 0 aliphatic heterocycles. The van der Waals surface area contributed by atoms with Gasteiger partial charge in [-0.25, -0.2) is 4.98 Å². The fourth-order valence-electron chi connectivity index (χ4n) is 2.36. The highest BCUT2D eigenvalue weighted by Gasteiger charge is 2.19. The molecule has 124 valence electrons. The monoisotopic (exact) mass is 317 g/mol. The molecule has 6 heteroatoms. The normalized spacial score (nSPS) is 13.4. The number of hydrogen-bond acceptors (Lipinski definition) is 5. The van der Waals surface area contributed by atoms with Gasteiger partial charge in [-0.1, -0.05) is 12.1 Å². The lowest BCUT2D eigenvalue weighted by atomic mass is 10.1. The molecule has 0 saturated heterocycles. The van der Waals surface area contributed by atoms with E-state index in [0.29, 0.717) is 17.2 Å². The molecule has 0 spiro atoms. The van der Waals surface area contributed by atoms with Crippen molar-refractivity contribution in [2.45, 2.75) is 53.2 Å². The highest BCUT2D eigenvalue weighted by molar-refractivity contribution is 5.94. The van der Waals surface area contributed by atoms with Crippen LogP contribution < -0.4 is 10.1 Å². The molecular formula is C17H23N3O3. The summed E-state index contributed by atoms with van der Waals surface area (Å²) in [5.74, 6) is 0.983. The highest BCUT2D eigenvalue weighted by atomic mass is 16.5. The molecule has 2 atom stereocenters. The van der Waals surface area contributed by atoms with Crippen LogP contribution in [0.15, 0.2) is 22.9 Å². The van der Waals surface area contributed by atoms with E-state index in [9.17, 15) is 4.79 Å². The second-order valence-electron chi connectivity index (χ2n) is 5.65. The van der Waals surface area contributed by atoms with Gasteiger partial charge < -0.3 is 14.6 Å². The van der Waals surface area contributed by atoms with Gasteiger partial charge in [0.15, 0.2) is 0 Å². The van der Waals surface area contributed by atoms with Gasteiger partial charge in [0.1, 0.15) is 5.76 Å². The minimum Gasteiger partial charge on any atom is -0.475 e. The summed E-state index contributed by atoms with van der Waals surface area (Å²) in [6.45, 7) is 9.60. The quantitative estimate of drug-likeness (QED) is 0.884. The van der Waals surface area contributed by atoms with E-state index in [-0.39, 0.29) is 18.1 Å². The number of amides is 1. The molecule has 0 aliphatic rings. The molecule has 2 aromatic rings. The summed E-state index contributed by atoms with van der Waals surface area (Å²) in [5.41, 5.74) is 2.20. The first-order valence-corrected chi connectivity index (χ1v) is 7.78. The SMILES string of the molecule is CC[C@@H](C)Oc1cc(C(=O)N[C@H](C)c2c(C)noc2C)ccn1. The van der Waals surface area contributed by atoms with Crippen LogP contribution in [0.5, 0.6) is 5.88 Å². The smallest absolute Gasteiger partial charge is 0.252 e. The first-order chi connectivity index (χ1) is 10.9. The van der Waals surface area contributed by atoms with Crippen molar-refractivity contribution in [1.82, 2.24) is 15.5 Å². The zero-order valence-electron chi connectivity index (χ0n) is 14.2. The predicted octanol–water partition coefficient (Wildman–Crippen LogP) is 3.35. The molecule has 1 N–H and O–H groups in total. The van der Waals surface area contributed by atoms with Gasteiger partial charge in [-0.15, -0.1) is 0 Å². The van der Waals surface area contributed by atoms with Crippen molar-refractivity contribution in [3.05, 3.63) is 40.9 Å². The van der Waals surface area contributed by atoms with Crippen LogP contribution in [0.25, 0.3) is 0 Å². The molecule has 0 aromatic carbocycles. The van der Waals surface area contributed by atoms with Gasteiger partial charge in [0.05, 0.1) is 17.8 Å². The average Bonchev–Trinajstić information content (AvgIpc) is 2.86. The van der Waals surface area contributed by atoms with Crippen LogP contribution in [0.1, 0.15) is 60.6 Å². The zero-order valence-corrected chi connectivity index (χ0v) is 14.2. The summed E-state index contributed by atoms with van der Waals surface area (Å²) < 4.78 is 10.8. The molecule has 0 aliphatic carbocycles. The molecule has 0 saturated carbocycles. The Morgan fingerprint density at radius 1 is 1.39 bits per heavy atom. The molecular weight excluding hydrogens is 294 g/mol.